The van der Waals surface area contributed by atoms with E-state index >= 15 is 0 Å². The Labute approximate surface area is 120 Å². The van der Waals surface area contributed by atoms with E-state index in [1.807, 2.05) is 0 Å². The Morgan fingerprint density at radius 1 is 1.11 bits per heavy atom. The van der Waals surface area contributed by atoms with Gasteiger partial charge in [0, 0.05) is 12.7 Å². The Morgan fingerprint density at radius 2 is 1.95 bits per heavy atom. The summed E-state index contributed by atoms with van der Waals surface area (Å²) in [6, 6.07) is 6.95. The number of amides is 1. The maximum atomic E-state index is 11.8. The number of carbonyl (C=O) groups excluding carboxylic acids is 1. The highest BCUT2D eigenvalue weighted by molar-refractivity contribution is 6.42. The van der Waals surface area contributed by atoms with Crippen LogP contribution < -0.4 is 5.32 Å². The van der Waals surface area contributed by atoms with Gasteiger partial charge in [-0.05, 0) is 29.3 Å². The Hall–Kier alpha value is -1.65. The lowest BCUT2D eigenvalue weighted by Gasteiger charge is -2.05. The van der Waals surface area contributed by atoms with Gasteiger partial charge >= 0.3 is 0 Å². The predicted molar refractivity (Wildman–Crippen MR) is 74.0 cm³/mol. The van der Waals surface area contributed by atoms with Crippen LogP contribution in [0.3, 0.4) is 0 Å². The summed E-state index contributed by atoms with van der Waals surface area (Å²) < 4.78 is 0. The van der Waals surface area contributed by atoms with Crippen LogP contribution in [0.4, 0.5) is 0 Å². The van der Waals surface area contributed by atoms with Gasteiger partial charge in [0.05, 0.1) is 22.7 Å². The molecule has 6 heteroatoms. The maximum Gasteiger partial charge on any atom is 0.224 e. The fraction of sp³-hybridized carbons (Fsp3) is 0.154. The van der Waals surface area contributed by atoms with E-state index in [1.54, 1.807) is 36.7 Å². The molecule has 1 aromatic heterocycles. The fourth-order valence-corrected chi connectivity index (χ4v) is 1.84. The van der Waals surface area contributed by atoms with Gasteiger partial charge in [0.2, 0.25) is 5.91 Å². The molecule has 0 aliphatic rings. The number of aromatic nitrogens is 2. The number of hydrogen-bond acceptors (Lipinski definition) is 3. The van der Waals surface area contributed by atoms with Crippen molar-refractivity contribution in [3.63, 3.8) is 0 Å². The van der Waals surface area contributed by atoms with Gasteiger partial charge in [-0.1, -0.05) is 29.3 Å². The number of carbonyl (C=O) groups is 1. The molecule has 1 heterocycles. The zero-order valence-corrected chi connectivity index (χ0v) is 11.4. The highest BCUT2D eigenvalue weighted by Crippen LogP contribution is 2.22. The van der Waals surface area contributed by atoms with Crippen molar-refractivity contribution in [2.75, 3.05) is 0 Å². The molecule has 98 valence electrons. The first kappa shape index (κ1) is 13.8. The number of rotatable bonds is 4. The van der Waals surface area contributed by atoms with Crippen LogP contribution in [0.25, 0.3) is 0 Å². The minimum atomic E-state index is -0.0878. The molecule has 1 amide bonds. The lowest BCUT2D eigenvalue weighted by molar-refractivity contribution is -0.120. The molecule has 2 rings (SSSR count). The van der Waals surface area contributed by atoms with Crippen molar-refractivity contribution in [3.8, 4) is 0 Å². The second-order valence-electron chi connectivity index (χ2n) is 3.95. The third-order valence-electron chi connectivity index (χ3n) is 2.48. The Bertz CT molecular complexity index is 575. The van der Waals surface area contributed by atoms with Crippen LogP contribution in [-0.4, -0.2) is 16.1 Å². The molecular weight excluding hydrogens is 285 g/mol. The van der Waals surface area contributed by atoms with Gasteiger partial charge in [0.25, 0.3) is 0 Å². The monoisotopic (exact) mass is 295 g/mol. The largest absolute Gasteiger partial charge is 0.352 e. The molecule has 2 aromatic rings. The Balaban J connectivity index is 1.89. The molecule has 1 N–H and O–H groups in total. The minimum Gasteiger partial charge on any atom is -0.352 e. The Kier molecular flexibility index (Phi) is 4.71. The second-order valence-corrected chi connectivity index (χ2v) is 4.77. The fourth-order valence-electron chi connectivity index (χ4n) is 1.52. The van der Waals surface area contributed by atoms with Crippen LogP contribution in [0.2, 0.25) is 10.0 Å². The van der Waals surface area contributed by atoms with E-state index in [0.717, 1.165) is 11.1 Å². The van der Waals surface area contributed by atoms with Gasteiger partial charge < -0.3 is 5.32 Å². The number of benzene rings is 1. The SMILES string of the molecule is O=C(Cc1ccc(Cl)c(Cl)c1)NCc1ccnnc1. The third kappa shape index (κ3) is 4.19. The highest BCUT2D eigenvalue weighted by atomic mass is 35.5. The molecule has 1 aromatic carbocycles. The molecule has 0 aliphatic carbocycles. The average Bonchev–Trinajstić information content (AvgIpc) is 2.42. The first-order valence-electron chi connectivity index (χ1n) is 5.61. The van der Waals surface area contributed by atoms with E-state index in [9.17, 15) is 4.79 Å². The first-order chi connectivity index (χ1) is 9.15. The summed E-state index contributed by atoms with van der Waals surface area (Å²) in [6.45, 7) is 0.426. The van der Waals surface area contributed by atoms with E-state index in [0.29, 0.717) is 16.6 Å². The van der Waals surface area contributed by atoms with Crippen molar-refractivity contribution >= 4 is 29.1 Å². The molecular formula is C13H11Cl2N3O. The predicted octanol–water partition coefficient (Wildman–Crippen LogP) is 2.64. The van der Waals surface area contributed by atoms with Gasteiger partial charge in [-0.2, -0.15) is 10.2 Å². The number of hydrogen-bond donors (Lipinski definition) is 1. The van der Waals surface area contributed by atoms with Gasteiger partial charge in [0.1, 0.15) is 0 Å². The van der Waals surface area contributed by atoms with Crippen LogP contribution in [0.15, 0.2) is 36.7 Å². The topological polar surface area (TPSA) is 54.9 Å². The molecule has 4 nitrogen and oxygen atoms in total. The molecule has 0 aliphatic heterocycles. The standard InChI is InChI=1S/C13H11Cl2N3O/c14-11-2-1-9(5-12(11)15)6-13(19)16-7-10-3-4-17-18-8-10/h1-5,8H,6-7H2,(H,16,19). The van der Waals surface area contributed by atoms with Crippen molar-refractivity contribution < 1.29 is 4.79 Å². The molecule has 0 saturated carbocycles. The number of nitrogens with one attached hydrogen (secondary N) is 1. The van der Waals surface area contributed by atoms with Gasteiger partial charge in [-0.3, -0.25) is 4.79 Å². The van der Waals surface area contributed by atoms with Crippen molar-refractivity contribution in [1.29, 1.82) is 0 Å². The van der Waals surface area contributed by atoms with Crippen LogP contribution in [0.5, 0.6) is 0 Å². The van der Waals surface area contributed by atoms with Crippen LogP contribution in [0.1, 0.15) is 11.1 Å². The third-order valence-corrected chi connectivity index (χ3v) is 3.22. The summed E-state index contributed by atoms with van der Waals surface area (Å²) in [4.78, 5) is 11.8. The molecule has 19 heavy (non-hydrogen) atoms. The summed E-state index contributed by atoms with van der Waals surface area (Å²) >= 11 is 11.7. The van der Waals surface area contributed by atoms with E-state index in [2.05, 4.69) is 15.5 Å². The van der Waals surface area contributed by atoms with E-state index < -0.39 is 0 Å². The van der Waals surface area contributed by atoms with Gasteiger partial charge in [0.15, 0.2) is 0 Å². The molecule has 0 unspecified atom stereocenters. The summed E-state index contributed by atoms with van der Waals surface area (Å²) in [5, 5.41) is 11.1. The van der Waals surface area contributed by atoms with E-state index in [4.69, 9.17) is 23.2 Å². The maximum absolute atomic E-state index is 11.8. The van der Waals surface area contributed by atoms with Crippen LogP contribution >= 0.6 is 23.2 Å². The van der Waals surface area contributed by atoms with Crippen molar-refractivity contribution in [2.45, 2.75) is 13.0 Å². The lowest BCUT2D eigenvalue weighted by atomic mass is 10.1. The highest BCUT2D eigenvalue weighted by Gasteiger charge is 2.05. The number of nitrogens with zero attached hydrogens (tertiary/aromatic N) is 2. The Morgan fingerprint density at radius 3 is 2.63 bits per heavy atom. The first-order valence-corrected chi connectivity index (χ1v) is 6.37. The summed E-state index contributed by atoms with van der Waals surface area (Å²) in [7, 11) is 0. The molecule has 0 saturated heterocycles. The molecule has 0 fully saturated rings. The summed E-state index contributed by atoms with van der Waals surface area (Å²) in [5.74, 6) is -0.0878. The average molecular weight is 296 g/mol. The summed E-state index contributed by atoms with van der Waals surface area (Å²) in [5.41, 5.74) is 1.72. The molecule has 0 spiro atoms. The van der Waals surface area contributed by atoms with Gasteiger partial charge in [-0.15, -0.1) is 0 Å². The second kappa shape index (κ2) is 6.50. The zero-order chi connectivity index (χ0) is 13.7. The normalized spacial score (nSPS) is 10.2. The number of halogens is 2. The van der Waals surface area contributed by atoms with Crippen molar-refractivity contribution in [3.05, 3.63) is 57.8 Å². The van der Waals surface area contributed by atoms with Crippen molar-refractivity contribution in [2.24, 2.45) is 0 Å². The smallest absolute Gasteiger partial charge is 0.224 e. The molecule has 0 bridgehead atoms. The van der Waals surface area contributed by atoms with Crippen molar-refractivity contribution in [1.82, 2.24) is 15.5 Å². The summed E-state index contributed by atoms with van der Waals surface area (Å²) in [6.07, 6.45) is 3.45. The van der Waals surface area contributed by atoms with E-state index in [-0.39, 0.29) is 12.3 Å². The molecule has 0 radical (unpaired) electrons. The zero-order valence-electron chi connectivity index (χ0n) is 9.94. The van der Waals surface area contributed by atoms with Crippen LogP contribution in [0, 0.1) is 0 Å². The molecule has 0 atom stereocenters. The van der Waals surface area contributed by atoms with Gasteiger partial charge in [-0.25, -0.2) is 0 Å². The lowest BCUT2D eigenvalue weighted by Crippen LogP contribution is -2.24. The van der Waals surface area contributed by atoms with E-state index in [1.165, 1.54) is 0 Å². The minimum absolute atomic E-state index is 0.0878. The quantitative estimate of drug-likeness (QED) is 0.943. The van der Waals surface area contributed by atoms with Crippen LogP contribution in [-0.2, 0) is 17.8 Å².